The molecule has 0 radical (unpaired) electrons. The van der Waals surface area contributed by atoms with Gasteiger partial charge in [-0.1, -0.05) is 6.58 Å². The number of aliphatic imine (C=N–C) groups is 2. The number of hydrogen-bond acceptors (Lipinski definition) is 5. The first kappa shape index (κ1) is 18.2. The number of carbonyl (C=O) groups excluding carboxylic acids is 3. The van der Waals surface area contributed by atoms with Gasteiger partial charge in [0.15, 0.2) is 0 Å². The summed E-state index contributed by atoms with van der Waals surface area (Å²) in [4.78, 5) is 43.8. The lowest BCUT2D eigenvalue weighted by atomic mass is 10.1. The van der Waals surface area contributed by atoms with Crippen molar-refractivity contribution in [1.82, 2.24) is 15.1 Å². The molecular formula is C16H20N6O3. The predicted octanol–water partition coefficient (Wildman–Crippen LogP) is 0.806. The number of anilines is 1. The van der Waals surface area contributed by atoms with Gasteiger partial charge in [-0.15, -0.1) is 0 Å². The Kier molecular flexibility index (Phi) is 4.69. The maximum Gasteiger partial charge on any atom is 0.314 e. The number of aryl methyl sites for hydroxylation is 1. The van der Waals surface area contributed by atoms with Crippen LogP contribution < -0.4 is 10.6 Å². The Morgan fingerprint density at radius 1 is 1.16 bits per heavy atom. The highest BCUT2D eigenvalue weighted by Crippen LogP contribution is 2.14. The van der Waals surface area contributed by atoms with Crippen molar-refractivity contribution in [2.75, 3.05) is 5.32 Å². The molecule has 0 unspecified atom stereocenters. The lowest BCUT2D eigenvalue weighted by molar-refractivity contribution is -0.137. The molecular weight excluding hydrogens is 324 g/mol. The third kappa shape index (κ3) is 4.25. The molecule has 132 valence electrons. The van der Waals surface area contributed by atoms with E-state index in [9.17, 15) is 14.4 Å². The molecule has 25 heavy (non-hydrogen) atoms. The van der Waals surface area contributed by atoms with E-state index in [1.165, 1.54) is 4.68 Å². The molecule has 2 heterocycles. The predicted molar refractivity (Wildman–Crippen MR) is 93.6 cm³/mol. The molecule has 1 aromatic heterocycles. The number of nitrogens with one attached hydrogen (secondary N) is 2. The Morgan fingerprint density at radius 2 is 1.80 bits per heavy atom. The first-order valence-corrected chi connectivity index (χ1v) is 7.56. The van der Waals surface area contributed by atoms with Gasteiger partial charge < -0.3 is 10.6 Å². The molecule has 0 bridgehead atoms. The average molecular weight is 344 g/mol. The summed E-state index contributed by atoms with van der Waals surface area (Å²) in [5.74, 6) is -1.99. The summed E-state index contributed by atoms with van der Waals surface area (Å²) in [5.41, 5.74) is 0.610. The van der Waals surface area contributed by atoms with E-state index in [-0.39, 0.29) is 17.4 Å². The van der Waals surface area contributed by atoms with Crippen LogP contribution in [0.5, 0.6) is 0 Å². The van der Waals surface area contributed by atoms with Gasteiger partial charge >= 0.3 is 11.8 Å². The highest BCUT2D eigenvalue weighted by atomic mass is 16.2. The van der Waals surface area contributed by atoms with Crippen molar-refractivity contribution >= 4 is 35.2 Å². The molecule has 3 amide bonds. The minimum atomic E-state index is -0.857. The van der Waals surface area contributed by atoms with Gasteiger partial charge in [-0.2, -0.15) is 14.8 Å². The molecule has 0 aromatic carbocycles. The fourth-order valence-electron chi connectivity index (χ4n) is 1.96. The maximum absolute atomic E-state index is 12.1. The Balaban J connectivity index is 2.29. The van der Waals surface area contributed by atoms with E-state index in [0.717, 1.165) is 0 Å². The summed E-state index contributed by atoms with van der Waals surface area (Å²) >= 11 is 0. The number of amides is 3. The van der Waals surface area contributed by atoms with Crippen LogP contribution >= 0.6 is 0 Å². The zero-order chi connectivity index (χ0) is 18.9. The topological polar surface area (TPSA) is 118 Å². The number of aromatic nitrogens is 2. The number of carbonyl (C=O) groups is 3. The standard InChI is InChI=1S/C16H20N6O3/c1-8-7-11(18-13(24)14(25)20-16(4,5)6)22(21-8)15-17-10(3)9(2)12(23)19-15/h7H,2H2,1,3-6H3,(H,18,24)(H,20,25). The van der Waals surface area contributed by atoms with Crippen molar-refractivity contribution in [1.29, 1.82) is 0 Å². The summed E-state index contributed by atoms with van der Waals surface area (Å²) in [6.45, 7) is 12.2. The molecule has 0 spiro atoms. The van der Waals surface area contributed by atoms with Crippen molar-refractivity contribution in [3.8, 4) is 0 Å². The normalized spacial score (nSPS) is 14.8. The third-order valence-corrected chi connectivity index (χ3v) is 3.12. The fraction of sp³-hybridized carbons (Fsp3) is 0.375. The van der Waals surface area contributed by atoms with Crippen LogP contribution in [0.3, 0.4) is 0 Å². The van der Waals surface area contributed by atoms with Crippen LogP contribution in [0.4, 0.5) is 5.82 Å². The zero-order valence-electron chi connectivity index (χ0n) is 14.8. The zero-order valence-corrected chi connectivity index (χ0v) is 14.8. The quantitative estimate of drug-likeness (QED) is 0.579. The first-order chi connectivity index (χ1) is 11.5. The van der Waals surface area contributed by atoms with Crippen molar-refractivity contribution in [2.45, 2.75) is 40.2 Å². The summed E-state index contributed by atoms with van der Waals surface area (Å²) in [7, 11) is 0. The molecule has 9 nitrogen and oxygen atoms in total. The Labute approximate surface area is 144 Å². The van der Waals surface area contributed by atoms with Crippen LogP contribution in [-0.2, 0) is 14.4 Å². The SMILES string of the molecule is C=C1C(=O)N=C(n2nc(C)cc2NC(=O)C(=O)NC(C)(C)C)N=C1C. The highest BCUT2D eigenvalue weighted by Gasteiger charge is 2.24. The summed E-state index contributed by atoms with van der Waals surface area (Å²) in [5, 5.41) is 9.18. The largest absolute Gasteiger partial charge is 0.343 e. The second kappa shape index (κ2) is 6.42. The van der Waals surface area contributed by atoms with Crippen LogP contribution in [-0.4, -0.2) is 44.7 Å². The molecule has 0 saturated carbocycles. The van der Waals surface area contributed by atoms with Gasteiger partial charge in [0.05, 0.1) is 17.0 Å². The van der Waals surface area contributed by atoms with Crippen LogP contribution in [0.1, 0.15) is 33.4 Å². The number of nitrogens with zero attached hydrogens (tertiary/aromatic N) is 4. The third-order valence-electron chi connectivity index (χ3n) is 3.12. The van der Waals surface area contributed by atoms with Crippen LogP contribution in [0, 0.1) is 6.92 Å². The molecule has 0 fully saturated rings. The molecule has 0 aliphatic carbocycles. The Hall–Kier alpha value is -3.10. The van der Waals surface area contributed by atoms with E-state index in [1.807, 2.05) is 0 Å². The second-order valence-corrected chi connectivity index (χ2v) is 6.63. The Bertz CT molecular complexity index is 839. The van der Waals surface area contributed by atoms with E-state index in [2.05, 4.69) is 32.3 Å². The number of rotatable bonds is 1. The molecule has 2 rings (SSSR count). The van der Waals surface area contributed by atoms with Gasteiger partial charge in [0.2, 0.25) is 0 Å². The molecule has 1 aliphatic heterocycles. The lowest BCUT2D eigenvalue weighted by Gasteiger charge is -2.20. The van der Waals surface area contributed by atoms with Crippen molar-refractivity contribution in [3.63, 3.8) is 0 Å². The van der Waals surface area contributed by atoms with Crippen LogP contribution in [0.2, 0.25) is 0 Å². The van der Waals surface area contributed by atoms with Crippen molar-refractivity contribution in [3.05, 3.63) is 23.9 Å². The first-order valence-electron chi connectivity index (χ1n) is 7.56. The van der Waals surface area contributed by atoms with Crippen molar-refractivity contribution < 1.29 is 14.4 Å². The molecule has 9 heteroatoms. The minimum absolute atomic E-state index is 0.00507. The van der Waals surface area contributed by atoms with Crippen LogP contribution in [0.25, 0.3) is 0 Å². The van der Waals surface area contributed by atoms with E-state index < -0.39 is 23.3 Å². The fourth-order valence-corrected chi connectivity index (χ4v) is 1.96. The van der Waals surface area contributed by atoms with E-state index in [0.29, 0.717) is 11.4 Å². The number of hydrogen-bond donors (Lipinski definition) is 2. The van der Waals surface area contributed by atoms with Gasteiger partial charge in [0.25, 0.3) is 11.9 Å². The van der Waals surface area contributed by atoms with Gasteiger partial charge in [-0.25, -0.2) is 4.99 Å². The minimum Gasteiger partial charge on any atom is -0.343 e. The van der Waals surface area contributed by atoms with Crippen LogP contribution in [0.15, 0.2) is 28.2 Å². The molecule has 1 aliphatic rings. The van der Waals surface area contributed by atoms with E-state index in [4.69, 9.17) is 0 Å². The smallest absolute Gasteiger partial charge is 0.314 e. The lowest BCUT2D eigenvalue weighted by Crippen LogP contribution is -2.46. The monoisotopic (exact) mass is 344 g/mol. The van der Waals surface area contributed by atoms with Gasteiger partial charge in [-0.05, 0) is 34.6 Å². The molecule has 0 saturated heterocycles. The van der Waals surface area contributed by atoms with E-state index in [1.54, 1.807) is 40.7 Å². The average Bonchev–Trinajstić information content (AvgIpc) is 2.83. The van der Waals surface area contributed by atoms with Gasteiger partial charge in [0, 0.05) is 11.6 Å². The molecule has 2 N–H and O–H groups in total. The van der Waals surface area contributed by atoms with Gasteiger partial charge in [0.1, 0.15) is 5.82 Å². The van der Waals surface area contributed by atoms with Crippen molar-refractivity contribution in [2.24, 2.45) is 9.98 Å². The summed E-state index contributed by atoms with van der Waals surface area (Å²) < 4.78 is 1.20. The second-order valence-electron chi connectivity index (χ2n) is 6.63. The molecule has 1 aromatic rings. The highest BCUT2D eigenvalue weighted by molar-refractivity contribution is 6.39. The maximum atomic E-state index is 12.1. The Morgan fingerprint density at radius 3 is 2.36 bits per heavy atom. The van der Waals surface area contributed by atoms with Gasteiger partial charge in [-0.3, -0.25) is 14.4 Å². The van der Waals surface area contributed by atoms with E-state index >= 15 is 0 Å². The summed E-state index contributed by atoms with van der Waals surface area (Å²) in [6.07, 6.45) is 0. The summed E-state index contributed by atoms with van der Waals surface area (Å²) in [6, 6.07) is 1.55. The molecule has 0 atom stereocenters.